The van der Waals surface area contributed by atoms with Gasteiger partial charge in [-0.15, -0.1) is 11.8 Å². The topological polar surface area (TPSA) is 100 Å². The zero-order chi connectivity index (χ0) is 24.1. The molecule has 2 aromatic carbocycles. The van der Waals surface area contributed by atoms with E-state index < -0.39 is 23.4 Å². The fraction of sp³-hybridized carbons (Fsp3) is 0.320. The first-order valence-corrected chi connectivity index (χ1v) is 12.4. The van der Waals surface area contributed by atoms with Gasteiger partial charge in [0.2, 0.25) is 5.91 Å². The summed E-state index contributed by atoms with van der Waals surface area (Å²) in [4.78, 5) is 27.4. The lowest BCUT2D eigenvalue weighted by Crippen LogP contribution is -2.51. The van der Waals surface area contributed by atoms with Gasteiger partial charge >= 0.3 is 0 Å². The van der Waals surface area contributed by atoms with Crippen LogP contribution in [0.25, 0.3) is 0 Å². The Morgan fingerprint density at radius 2 is 1.88 bits per heavy atom. The van der Waals surface area contributed by atoms with Gasteiger partial charge in [0.1, 0.15) is 36.3 Å². The van der Waals surface area contributed by atoms with Crippen LogP contribution in [0.15, 0.2) is 53.4 Å². The number of fused-ring (bicyclic) bond motifs is 9. The Hall–Kier alpha value is -3.15. The Labute approximate surface area is 207 Å². The van der Waals surface area contributed by atoms with Crippen molar-refractivity contribution in [3.05, 3.63) is 64.7 Å². The summed E-state index contributed by atoms with van der Waals surface area (Å²) in [6.07, 6.45) is 6.90. The number of carbonyl (C=O) groups excluding carboxylic acids is 2. The van der Waals surface area contributed by atoms with Crippen molar-refractivity contribution in [3.8, 4) is 17.6 Å². The molecule has 0 aromatic heterocycles. The minimum Gasteiger partial charge on any atom is -0.489 e. The zero-order valence-corrected chi connectivity index (χ0v) is 20.2. The molecule has 5 rings (SSSR count). The van der Waals surface area contributed by atoms with Crippen molar-refractivity contribution in [2.75, 3.05) is 19.5 Å². The first-order valence-electron chi connectivity index (χ1n) is 10.8. The molecule has 2 bridgehead atoms. The third-order valence-electron chi connectivity index (χ3n) is 5.65. The van der Waals surface area contributed by atoms with Crippen molar-refractivity contribution in [2.45, 2.75) is 35.7 Å². The largest absolute Gasteiger partial charge is 0.489 e. The van der Waals surface area contributed by atoms with Gasteiger partial charge in [0.05, 0.1) is 16.7 Å². The molecular formula is C25H24ClN3O4S. The number of thioether (sulfide) groups is 1. The molecule has 1 saturated carbocycles. The van der Waals surface area contributed by atoms with Crippen LogP contribution in [0.3, 0.4) is 0 Å². The molecule has 2 aliphatic heterocycles. The molecule has 9 heteroatoms. The first-order chi connectivity index (χ1) is 16.4. The molecular weight excluding hydrogens is 474 g/mol. The highest BCUT2D eigenvalue weighted by atomic mass is 35.5. The second-order valence-electron chi connectivity index (χ2n) is 8.13. The van der Waals surface area contributed by atoms with Gasteiger partial charge in [-0.2, -0.15) is 5.26 Å². The standard InChI is InChI=1S/C25H24ClN3O4S/c1-34-17-5-7-21-18(14-17)23(30)28-20(24(31)29-25(15-27)8-9-25)13-16-4-6-22(19(26)12-16)33-11-3-2-10-32-21/h2-7,12,14,20H,8-11,13H2,1H3,(H,28,30)(H,29,31). The van der Waals surface area contributed by atoms with Crippen LogP contribution in [0, 0.1) is 11.3 Å². The lowest BCUT2D eigenvalue weighted by atomic mass is 10.0. The van der Waals surface area contributed by atoms with Gasteiger partial charge in [0, 0.05) is 11.3 Å². The van der Waals surface area contributed by atoms with Gasteiger partial charge in [-0.05, 0) is 67.1 Å². The van der Waals surface area contributed by atoms with Crippen molar-refractivity contribution in [1.29, 1.82) is 5.26 Å². The number of nitrogens with zero attached hydrogens (tertiary/aromatic N) is 1. The number of nitrogens with one attached hydrogen (secondary N) is 2. The number of benzene rings is 2. The van der Waals surface area contributed by atoms with Gasteiger partial charge in [-0.3, -0.25) is 9.59 Å². The Morgan fingerprint density at radius 1 is 1.18 bits per heavy atom. The molecule has 0 radical (unpaired) electrons. The van der Waals surface area contributed by atoms with Crippen LogP contribution in [0.1, 0.15) is 28.8 Å². The number of hydrogen-bond acceptors (Lipinski definition) is 6. The number of amides is 2. The average molecular weight is 498 g/mol. The number of nitriles is 1. The van der Waals surface area contributed by atoms with E-state index in [0.717, 1.165) is 10.5 Å². The number of hydrogen-bond donors (Lipinski definition) is 2. The van der Waals surface area contributed by atoms with E-state index in [0.29, 0.717) is 41.5 Å². The fourth-order valence-electron chi connectivity index (χ4n) is 3.53. The number of halogens is 1. The van der Waals surface area contributed by atoms with Crippen LogP contribution in [-0.4, -0.2) is 42.9 Å². The molecule has 1 atom stereocenters. The van der Waals surface area contributed by atoms with E-state index >= 15 is 0 Å². The smallest absolute Gasteiger partial charge is 0.255 e. The lowest BCUT2D eigenvalue weighted by molar-refractivity contribution is -0.123. The summed E-state index contributed by atoms with van der Waals surface area (Å²) in [6.45, 7) is 0.548. The summed E-state index contributed by atoms with van der Waals surface area (Å²) < 4.78 is 11.5. The van der Waals surface area contributed by atoms with E-state index in [4.69, 9.17) is 21.1 Å². The van der Waals surface area contributed by atoms with Gasteiger partial charge in [-0.25, -0.2) is 0 Å². The van der Waals surface area contributed by atoms with Crippen molar-refractivity contribution >= 4 is 35.2 Å². The average Bonchev–Trinajstić information content (AvgIpc) is 3.61. The van der Waals surface area contributed by atoms with Crippen LogP contribution < -0.4 is 20.1 Å². The summed E-state index contributed by atoms with van der Waals surface area (Å²) in [5.41, 5.74) is 0.221. The van der Waals surface area contributed by atoms with Crippen LogP contribution in [0.5, 0.6) is 11.5 Å². The van der Waals surface area contributed by atoms with Crippen LogP contribution >= 0.6 is 23.4 Å². The number of rotatable bonds is 3. The van der Waals surface area contributed by atoms with Gasteiger partial charge in [-0.1, -0.05) is 17.7 Å². The summed E-state index contributed by atoms with van der Waals surface area (Å²) >= 11 is 7.88. The normalized spacial score (nSPS) is 19.1. The molecule has 34 heavy (non-hydrogen) atoms. The molecule has 0 saturated heterocycles. The Balaban J connectivity index is 1.68. The van der Waals surface area contributed by atoms with Crippen LogP contribution in [-0.2, 0) is 11.2 Å². The van der Waals surface area contributed by atoms with Gasteiger partial charge in [0.25, 0.3) is 5.91 Å². The van der Waals surface area contributed by atoms with Crippen LogP contribution in [0.2, 0.25) is 5.02 Å². The molecule has 1 fully saturated rings. The van der Waals surface area contributed by atoms with Crippen molar-refractivity contribution < 1.29 is 19.1 Å². The maximum absolute atomic E-state index is 13.3. The molecule has 3 aliphatic rings. The Morgan fingerprint density at radius 3 is 2.53 bits per heavy atom. The lowest BCUT2D eigenvalue weighted by Gasteiger charge is -2.22. The molecule has 1 unspecified atom stereocenters. The van der Waals surface area contributed by atoms with Crippen molar-refractivity contribution in [1.82, 2.24) is 10.6 Å². The molecule has 0 spiro atoms. The van der Waals surface area contributed by atoms with E-state index in [9.17, 15) is 14.9 Å². The molecule has 2 aromatic rings. The van der Waals surface area contributed by atoms with Crippen LogP contribution in [0.4, 0.5) is 0 Å². The second-order valence-corrected chi connectivity index (χ2v) is 9.42. The third-order valence-corrected chi connectivity index (χ3v) is 6.67. The zero-order valence-electron chi connectivity index (χ0n) is 18.6. The van der Waals surface area contributed by atoms with E-state index in [1.807, 2.05) is 24.5 Å². The Kier molecular flexibility index (Phi) is 7.35. The SMILES string of the molecule is CSc1ccc2c(c1)C(=O)NC(C(=O)NC1(C#N)CC1)Cc1ccc(c(Cl)c1)OCC=CCO2. The second kappa shape index (κ2) is 10.4. The van der Waals surface area contributed by atoms with Crippen molar-refractivity contribution in [2.24, 2.45) is 0 Å². The van der Waals surface area contributed by atoms with Gasteiger partial charge in [0.15, 0.2) is 0 Å². The maximum Gasteiger partial charge on any atom is 0.255 e. The highest BCUT2D eigenvalue weighted by molar-refractivity contribution is 7.98. The molecule has 7 nitrogen and oxygen atoms in total. The third kappa shape index (κ3) is 5.66. The minimum atomic E-state index is -0.917. The molecule has 1 aliphatic carbocycles. The summed E-state index contributed by atoms with van der Waals surface area (Å²) in [6, 6.07) is 11.9. The van der Waals surface area contributed by atoms with E-state index in [1.54, 1.807) is 30.3 Å². The van der Waals surface area contributed by atoms with E-state index in [-0.39, 0.29) is 13.0 Å². The first kappa shape index (κ1) is 24.0. The number of ether oxygens (including phenoxy) is 2. The molecule has 176 valence electrons. The van der Waals surface area contributed by atoms with E-state index in [2.05, 4.69) is 16.7 Å². The minimum absolute atomic E-state index is 0.192. The maximum atomic E-state index is 13.3. The molecule has 2 heterocycles. The predicted octanol–water partition coefficient (Wildman–Crippen LogP) is 3.90. The Bertz CT molecular complexity index is 1170. The van der Waals surface area contributed by atoms with E-state index in [1.165, 1.54) is 11.8 Å². The monoisotopic (exact) mass is 497 g/mol. The predicted molar refractivity (Wildman–Crippen MR) is 130 cm³/mol. The summed E-state index contributed by atoms with van der Waals surface area (Å²) in [5.74, 6) is 0.0741. The highest BCUT2D eigenvalue weighted by Crippen LogP contribution is 2.34. The fourth-order valence-corrected chi connectivity index (χ4v) is 4.23. The van der Waals surface area contributed by atoms with Crippen molar-refractivity contribution in [3.63, 3.8) is 0 Å². The quantitative estimate of drug-likeness (QED) is 0.492. The number of carbonyl (C=O) groups is 2. The highest BCUT2D eigenvalue weighted by Gasteiger charge is 2.45. The van der Waals surface area contributed by atoms with Gasteiger partial charge < -0.3 is 20.1 Å². The summed E-state index contributed by atoms with van der Waals surface area (Å²) in [5, 5.41) is 15.5. The summed E-state index contributed by atoms with van der Waals surface area (Å²) in [7, 11) is 0. The molecule has 2 N–H and O–H groups in total. The molecule has 2 amide bonds.